The lowest BCUT2D eigenvalue weighted by Gasteiger charge is -2.12. The minimum atomic E-state index is -0.819. The first kappa shape index (κ1) is 13.1. The van der Waals surface area contributed by atoms with E-state index in [2.05, 4.69) is 0 Å². The van der Waals surface area contributed by atoms with E-state index in [9.17, 15) is 9.59 Å². The molecule has 0 aliphatic rings. The summed E-state index contributed by atoms with van der Waals surface area (Å²) in [5.74, 6) is -1.16. The summed E-state index contributed by atoms with van der Waals surface area (Å²) in [5.41, 5.74) is 0. The van der Waals surface area contributed by atoms with Gasteiger partial charge >= 0.3 is 5.97 Å². The molecule has 0 aromatic carbocycles. The highest BCUT2D eigenvalue weighted by atomic mass is 16.4. The Kier molecular flexibility index (Phi) is 6.17. The number of hydrogen-bond acceptors (Lipinski definition) is 2. The van der Waals surface area contributed by atoms with E-state index in [1.807, 2.05) is 13.8 Å². The standard InChI is InChI=1S/C11H20O3/c1-4-5-6-10(12)8(2)7-9(3)11(13)14/h8-9H,4-7H2,1-3H3,(H,13,14)/t8-,9+/m0/s1. The topological polar surface area (TPSA) is 54.4 Å². The molecule has 82 valence electrons. The first-order valence-electron chi connectivity index (χ1n) is 5.24. The summed E-state index contributed by atoms with van der Waals surface area (Å²) in [6.45, 7) is 5.50. The van der Waals surface area contributed by atoms with Crippen molar-refractivity contribution >= 4 is 11.8 Å². The number of carboxylic acids is 1. The molecule has 0 saturated carbocycles. The zero-order valence-electron chi connectivity index (χ0n) is 9.25. The van der Waals surface area contributed by atoms with Crippen molar-refractivity contribution < 1.29 is 14.7 Å². The lowest BCUT2D eigenvalue weighted by atomic mass is 9.92. The number of carbonyl (C=O) groups is 2. The third kappa shape index (κ3) is 5.00. The van der Waals surface area contributed by atoms with Gasteiger partial charge in [0.05, 0.1) is 5.92 Å². The molecule has 3 heteroatoms. The number of ketones is 1. The predicted molar refractivity (Wildman–Crippen MR) is 55.1 cm³/mol. The summed E-state index contributed by atoms with van der Waals surface area (Å²) < 4.78 is 0. The second kappa shape index (κ2) is 6.57. The maximum atomic E-state index is 11.5. The number of unbranched alkanes of at least 4 members (excludes halogenated alkanes) is 1. The van der Waals surface area contributed by atoms with Crippen molar-refractivity contribution in [2.45, 2.75) is 46.5 Å². The van der Waals surface area contributed by atoms with Gasteiger partial charge in [0.1, 0.15) is 5.78 Å². The zero-order valence-corrected chi connectivity index (χ0v) is 9.25. The molecule has 0 aromatic heterocycles. The first-order chi connectivity index (χ1) is 6.49. The van der Waals surface area contributed by atoms with Gasteiger partial charge < -0.3 is 5.11 Å². The van der Waals surface area contributed by atoms with Gasteiger partial charge in [0.2, 0.25) is 0 Å². The SMILES string of the molecule is CCCCC(=O)[C@@H](C)C[C@@H](C)C(=O)O. The molecule has 0 spiro atoms. The minimum Gasteiger partial charge on any atom is -0.481 e. The van der Waals surface area contributed by atoms with Crippen LogP contribution in [-0.4, -0.2) is 16.9 Å². The molecular weight excluding hydrogens is 180 g/mol. The van der Waals surface area contributed by atoms with Crippen LogP contribution in [0.15, 0.2) is 0 Å². The highest BCUT2D eigenvalue weighted by Crippen LogP contribution is 2.15. The van der Waals surface area contributed by atoms with Crippen LogP contribution < -0.4 is 0 Å². The number of carboxylic acid groups (broad SMARTS) is 1. The van der Waals surface area contributed by atoms with E-state index in [1.165, 1.54) is 0 Å². The maximum Gasteiger partial charge on any atom is 0.306 e. The van der Waals surface area contributed by atoms with Crippen LogP contribution in [0.25, 0.3) is 0 Å². The highest BCUT2D eigenvalue weighted by molar-refractivity contribution is 5.81. The Labute approximate surface area is 85.5 Å². The monoisotopic (exact) mass is 200 g/mol. The highest BCUT2D eigenvalue weighted by Gasteiger charge is 2.19. The number of rotatable bonds is 7. The summed E-state index contributed by atoms with van der Waals surface area (Å²) in [4.78, 5) is 22.0. The molecule has 0 radical (unpaired) electrons. The van der Waals surface area contributed by atoms with Gasteiger partial charge in [-0.15, -0.1) is 0 Å². The van der Waals surface area contributed by atoms with Gasteiger partial charge in [0.15, 0.2) is 0 Å². The van der Waals surface area contributed by atoms with E-state index < -0.39 is 11.9 Å². The van der Waals surface area contributed by atoms with Crippen LogP contribution in [0.1, 0.15) is 46.5 Å². The van der Waals surface area contributed by atoms with E-state index in [1.54, 1.807) is 6.92 Å². The molecule has 0 heterocycles. The van der Waals surface area contributed by atoms with Crippen molar-refractivity contribution in [2.24, 2.45) is 11.8 Å². The van der Waals surface area contributed by atoms with Gasteiger partial charge in [-0.3, -0.25) is 9.59 Å². The van der Waals surface area contributed by atoms with Crippen LogP contribution in [0.4, 0.5) is 0 Å². The third-order valence-corrected chi connectivity index (χ3v) is 2.46. The fourth-order valence-corrected chi connectivity index (χ4v) is 1.36. The van der Waals surface area contributed by atoms with Crippen LogP contribution in [0.2, 0.25) is 0 Å². The number of carbonyl (C=O) groups excluding carboxylic acids is 1. The molecular formula is C11H20O3. The Morgan fingerprint density at radius 3 is 2.21 bits per heavy atom. The van der Waals surface area contributed by atoms with E-state index in [-0.39, 0.29) is 11.7 Å². The zero-order chi connectivity index (χ0) is 11.1. The van der Waals surface area contributed by atoms with E-state index in [0.717, 1.165) is 12.8 Å². The van der Waals surface area contributed by atoms with Gasteiger partial charge in [-0.25, -0.2) is 0 Å². The van der Waals surface area contributed by atoms with Gasteiger partial charge in [-0.2, -0.15) is 0 Å². The molecule has 0 saturated heterocycles. The normalized spacial score (nSPS) is 14.8. The summed E-state index contributed by atoms with van der Waals surface area (Å²) >= 11 is 0. The van der Waals surface area contributed by atoms with Crippen molar-refractivity contribution in [1.82, 2.24) is 0 Å². The average molecular weight is 200 g/mol. The quantitative estimate of drug-likeness (QED) is 0.687. The summed E-state index contributed by atoms with van der Waals surface area (Å²) in [5, 5.41) is 8.68. The van der Waals surface area contributed by atoms with Gasteiger partial charge in [0.25, 0.3) is 0 Å². The van der Waals surface area contributed by atoms with Crippen molar-refractivity contribution in [3.8, 4) is 0 Å². The lowest BCUT2D eigenvalue weighted by Crippen LogP contribution is -2.18. The third-order valence-electron chi connectivity index (χ3n) is 2.46. The molecule has 0 rings (SSSR count). The van der Waals surface area contributed by atoms with Crippen LogP contribution in [0, 0.1) is 11.8 Å². The summed E-state index contributed by atoms with van der Waals surface area (Å²) in [6, 6.07) is 0. The summed E-state index contributed by atoms with van der Waals surface area (Å²) in [6.07, 6.45) is 2.96. The van der Waals surface area contributed by atoms with E-state index in [0.29, 0.717) is 12.8 Å². The van der Waals surface area contributed by atoms with Crippen molar-refractivity contribution in [3.05, 3.63) is 0 Å². The molecule has 0 aliphatic heterocycles. The molecule has 0 aliphatic carbocycles. The van der Waals surface area contributed by atoms with E-state index >= 15 is 0 Å². The molecule has 0 aromatic rings. The molecule has 0 amide bonds. The molecule has 2 atom stereocenters. The average Bonchev–Trinajstić information content (AvgIpc) is 2.13. The molecule has 14 heavy (non-hydrogen) atoms. The molecule has 0 bridgehead atoms. The number of aliphatic carboxylic acids is 1. The van der Waals surface area contributed by atoms with Crippen molar-refractivity contribution in [2.75, 3.05) is 0 Å². The summed E-state index contributed by atoms with van der Waals surface area (Å²) in [7, 11) is 0. The Morgan fingerprint density at radius 2 is 1.79 bits per heavy atom. The van der Waals surface area contributed by atoms with Crippen LogP contribution in [0.5, 0.6) is 0 Å². The largest absolute Gasteiger partial charge is 0.481 e. The van der Waals surface area contributed by atoms with Crippen molar-refractivity contribution in [3.63, 3.8) is 0 Å². The Balaban J connectivity index is 3.88. The molecule has 0 unspecified atom stereocenters. The Hall–Kier alpha value is -0.860. The fourth-order valence-electron chi connectivity index (χ4n) is 1.36. The second-order valence-electron chi connectivity index (χ2n) is 3.95. The maximum absolute atomic E-state index is 11.5. The molecule has 0 fully saturated rings. The first-order valence-corrected chi connectivity index (χ1v) is 5.24. The lowest BCUT2D eigenvalue weighted by molar-refractivity contribution is -0.141. The van der Waals surface area contributed by atoms with Crippen LogP contribution in [-0.2, 0) is 9.59 Å². The van der Waals surface area contributed by atoms with Gasteiger partial charge in [-0.05, 0) is 12.8 Å². The Bertz CT molecular complexity index is 199. The fraction of sp³-hybridized carbons (Fsp3) is 0.818. The number of hydrogen-bond donors (Lipinski definition) is 1. The predicted octanol–water partition coefficient (Wildman–Crippen LogP) is 2.49. The van der Waals surface area contributed by atoms with Crippen molar-refractivity contribution in [1.29, 1.82) is 0 Å². The Morgan fingerprint density at radius 1 is 1.21 bits per heavy atom. The van der Waals surface area contributed by atoms with Crippen LogP contribution in [0.3, 0.4) is 0 Å². The minimum absolute atomic E-state index is 0.118. The molecule has 1 N–H and O–H groups in total. The second-order valence-corrected chi connectivity index (χ2v) is 3.95. The van der Waals surface area contributed by atoms with Gasteiger partial charge in [-0.1, -0.05) is 27.2 Å². The van der Waals surface area contributed by atoms with Crippen LogP contribution >= 0.6 is 0 Å². The molecule has 3 nitrogen and oxygen atoms in total. The number of Topliss-reactive ketones (excluding diaryl/α,β-unsaturated/α-hetero) is 1. The van der Waals surface area contributed by atoms with Gasteiger partial charge in [0, 0.05) is 12.3 Å². The van der Waals surface area contributed by atoms with E-state index in [4.69, 9.17) is 5.11 Å². The smallest absolute Gasteiger partial charge is 0.306 e.